The minimum Gasteiger partial charge on any atom is -0.462 e. The number of hydrogen-bond acceptors (Lipinski definition) is 4. The number of hydrogen-bond donors (Lipinski definition) is 0. The van der Waals surface area contributed by atoms with Gasteiger partial charge in [-0.25, -0.2) is 13.9 Å². The standard InChI is InChI=1S/C26H21FN2O3/c1-2-32-26(31)23-22(18-11-5-3-6-12-18)24(19-13-7-4-8-14-19)28-29(25(23)30)17-20-15-9-10-16-21(20)27/h3-16H,2,17H2,1H3. The monoisotopic (exact) mass is 428 g/mol. The Labute approximate surface area is 184 Å². The first-order valence-electron chi connectivity index (χ1n) is 10.3. The van der Waals surface area contributed by atoms with E-state index in [2.05, 4.69) is 5.10 Å². The van der Waals surface area contributed by atoms with Gasteiger partial charge in [-0.1, -0.05) is 78.9 Å². The van der Waals surface area contributed by atoms with Crippen molar-refractivity contribution in [2.24, 2.45) is 0 Å². The van der Waals surface area contributed by atoms with E-state index in [9.17, 15) is 14.0 Å². The normalized spacial score (nSPS) is 10.7. The molecule has 0 aliphatic carbocycles. The first-order chi connectivity index (χ1) is 15.6. The summed E-state index contributed by atoms with van der Waals surface area (Å²) in [5.74, 6) is -1.19. The fourth-order valence-electron chi connectivity index (χ4n) is 3.54. The second-order valence-electron chi connectivity index (χ2n) is 7.11. The number of nitrogens with zero attached hydrogens (tertiary/aromatic N) is 2. The Morgan fingerprint density at radius 2 is 1.50 bits per heavy atom. The molecule has 4 rings (SSSR count). The van der Waals surface area contributed by atoms with Crippen molar-refractivity contribution in [3.63, 3.8) is 0 Å². The van der Waals surface area contributed by atoms with E-state index in [0.717, 1.165) is 10.2 Å². The number of esters is 1. The number of rotatable bonds is 6. The van der Waals surface area contributed by atoms with Crippen LogP contribution in [0.25, 0.3) is 22.4 Å². The predicted octanol–water partition coefficient (Wildman–Crippen LogP) is 4.94. The zero-order valence-electron chi connectivity index (χ0n) is 17.5. The van der Waals surface area contributed by atoms with Crippen LogP contribution in [0.5, 0.6) is 0 Å². The van der Waals surface area contributed by atoms with Gasteiger partial charge in [0.1, 0.15) is 11.4 Å². The largest absolute Gasteiger partial charge is 0.462 e. The van der Waals surface area contributed by atoms with Gasteiger partial charge in [-0.3, -0.25) is 4.79 Å². The smallest absolute Gasteiger partial charge is 0.344 e. The van der Waals surface area contributed by atoms with E-state index in [1.54, 1.807) is 25.1 Å². The van der Waals surface area contributed by atoms with Gasteiger partial charge in [0, 0.05) is 16.7 Å². The van der Waals surface area contributed by atoms with Gasteiger partial charge in [0.25, 0.3) is 5.56 Å². The summed E-state index contributed by atoms with van der Waals surface area (Å²) in [5, 5.41) is 4.59. The minimum atomic E-state index is -0.738. The molecular weight excluding hydrogens is 407 g/mol. The van der Waals surface area contributed by atoms with E-state index in [4.69, 9.17) is 4.74 Å². The molecule has 0 fully saturated rings. The third-order valence-electron chi connectivity index (χ3n) is 5.02. The average Bonchev–Trinajstić information content (AvgIpc) is 2.82. The Balaban J connectivity index is 2.04. The summed E-state index contributed by atoms with van der Waals surface area (Å²) < 4.78 is 20.7. The fourth-order valence-corrected chi connectivity index (χ4v) is 3.54. The summed E-state index contributed by atoms with van der Waals surface area (Å²) in [6, 6.07) is 24.6. The molecule has 0 bridgehead atoms. The van der Waals surface area contributed by atoms with E-state index in [-0.39, 0.29) is 18.7 Å². The lowest BCUT2D eigenvalue weighted by Gasteiger charge is -2.17. The summed E-state index contributed by atoms with van der Waals surface area (Å²) in [6.07, 6.45) is 0. The van der Waals surface area contributed by atoms with E-state index in [0.29, 0.717) is 22.4 Å². The molecule has 1 heterocycles. The van der Waals surface area contributed by atoms with Gasteiger partial charge in [0.15, 0.2) is 0 Å². The maximum absolute atomic E-state index is 14.3. The molecule has 160 valence electrons. The van der Waals surface area contributed by atoms with Crippen molar-refractivity contribution in [2.75, 3.05) is 6.61 Å². The number of halogens is 1. The van der Waals surface area contributed by atoms with E-state index < -0.39 is 17.3 Å². The molecular formula is C26H21FN2O3. The van der Waals surface area contributed by atoms with Crippen LogP contribution in [0.2, 0.25) is 0 Å². The second kappa shape index (κ2) is 9.39. The first kappa shape index (κ1) is 21.2. The Kier molecular flexibility index (Phi) is 6.22. The van der Waals surface area contributed by atoms with Gasteiger partial charge in [-0.15, -0.1) is 0 Å². The summed E-state index contributed by atoms with van der Waals surface area (Å²) in [6.45, 7) is 1.67. The molecule has 0 aliphatic rings. The fraction of sp³-hybridized carbons (Fsp3) is 0.115. The highest BCUT2D eigenvalue weighted by Crippen LogP contribution is 2.32. The minimum absolute atomic E-state index is 0.114. The highest BCUT2D eigenvalue weighted by atomic mass is 19.1. The quantitative estimate of drug-likeness (QED) is 0.408. The lowest BCUT2D eigenvalue weighted by molar-refractivity contribution is 0.0524. The van der Waals surface area contributed by atoms with Crippen molar-refractivity contribution in [2.45, 2.75) is 13.5 Å². The van der Waals surface area contributed by atoms with E-state index >= 15 is 0 Å². The van der Waals surface area contributed by atoms with Gasteiger partial charge in [0.05, 0.1) is 18.8 Å². The Morgan fingerprint density at radius 3 is 2.12 bits per heavy atom. The molecule has 0 saturated heterocycles. The van der Waals surface area contributed by atoms with Crippen molar-refractivity contribution >= 4 is 5.97 Å². The number of aromatic nitrogens is 2. The van der Waals surface area contributed by atoms with Crippen LogP contribution in [-0.4, -0.2) is 22.4 Å². The molecule has 0 aliphatic heterocycles. The van der Waals surface area contributed by atoms with Crippen LogP contribution >= 0.6 is 0 Å². The molecule has 3 aromatic carbocycles. The van der Waals surface area contributed by atoms with Gasteiger partial charge >= 0.3 is 5.97 Å². The maximum atomic E-state index is 14.3. The lowest BCUT2D eigenvalue weighted by atomic mass is 9.95. The number of carbonyl (C=O) groups excluding carboxylic acids is 1. The van der Waals surface area contributed by atoms with Crippen molar-refractivity contribution in [3.8, 4) is 22.4 Å². The van der Waals surface area contributed by atoms with Crippen LogP contribution in [0.3, 0.4) is 0 Å². The topological polar surface area (TPSA) is 61.2 Å². The van der Waals surface area contributed by atoms with Gasteiger partial charge < -0.3 is 4.74 Å². The molecule has 5 nitrogen and oxygen atoms in total. The van der Waals surface area contributed by atoms with Crippen molar-refractivity contribution in [1.29, 1.82) is 0 Å². The van der Waals surface area contributed by atoms with Gasteiger partial charge in [-0.05, 0) is 18.6 Å². The summed E-state index contributed by atoms with van der Waals surface area (Å²) >= 11 is 0. The lowest BCUT2D eigenvalue weighted by Crippen LogP contribution is -2.32. The predicted molar refractivity (Wildman–Crippen MR) is 121 cm³/mol. The SMILES string of the molecule is CCOC(=O)c1c(-c2ccccc2)c(-c2ccccc2)nn(Cc2ccccc2F)c1=O. The second-order valence-corrected chi connectivity index (χ2v) is 7.11. The first-order valence-corrected chi connectivity index (χ1v) is 10.3. The van der Waals surface area contributed by atoms with Crippen LogP contribution in [0, 0.1) is 5.82 Å². The molecule has 0 N–H and O–H groups in total. The van der Waals surface area contributed by atoms with Crippen molar-refractivity contribution in [3.05, 3.63) is 112 Å². The summed E-state index contributed by atoms with van der Waals surface area (Å²) in [5.41, 5.74) is 1.76. The molecule has 0 radical (unpaired) electrons. The maximum Gasteiger partial charge on any atom is 0.344 e. The van der Waals surface area contributed by atoms with Crippen LogP contribution in [0.15, 0.2) is 89.7 Å². The Morgan fingerprint density at radius 1 is 0.906 bits per heavy atom. The molecule has 0 saturated carbocycles. The van der Waals surface area contributed by atoms with Crippen LogP contribution in [-0.2, 0) is 11.3 Å². The molecule has 0 amide bonds. The number of benzene rings is 3. The van der Waals surface area contributed by atoms with Crippen LogP contribution < -0.4 is 5.56 Å². The van der Waals surface area contributed by atoms with Crippen molar-refractivity contribution in [1.82, 2.24) is 9.78 Å². The van der Waals surface area contributed by atoms with Crippen LogP contribution in [0.4, 0.5) is 4.39 Å². The number of carbonyl (C=O) groups is 1. The highest BCUT2D eigenvalue weighted by Gasteiger charge is 2.26. The van der Waals surface area contributed by atoms with Gasteiger partial charge in [-0.2, -0.15) is 5.10 Å². The summed E-state index contributed by atoms with van der Waals surface area (Å²) in [4.78, 5) is 26.4. The number of ether oxygens (including phenoxy) is 1. The van der Waals surface area contributed by atoms with E-state index in [1.807, 2.05) is 60.7 Å². The zero-order valence-corrected chi connectivity index (χ0v) is 17.5. The molecule has 32 heavy (non-hydrogen) atoms. The Hall–Kier alpha value is -4.06. The molecule has 4 aromatic rings. The molecule has 0 spiro atoms. The third-order valence-corrected chi connectivity index (χ3v) is 5.02. The third kappa shape index (κ3) is 4.21. The molecule has 0 atom stereocenters. The zero-order chi connectivity index (χ0) is 22.5. The molecule has 6 heteroatoms. The molecule has 1 aromatic heterocycles. The average molecular weight is 428 g/mol. The van der Waals surface area contributed by atoms with Gasteiger partial charge in [0.2, 0.25) is 0 Å². The van der Waals surface area contributed by atoms with Crippen molar-refractivity contribution < 1.29 is 13.9 Å². The molecule has 0 unspecified atom stereocenters. The summed E-state index contributed by atoms with van der Waals surface area (Å²) in [7, 11) is 0. The van der Waals surface area contributed by atoms with Crippen LogP contribution in [0.1, 0.15) is 22.8 Å². The van der Waals surface area contributed by atoms with E-state index in [1.165, 1.54) is 6.07 Å². The highest BCUT2D eigenvalue weighted by molar-refractivity contribution is 6.00. The Bertz CT molecular complexity index is 1300.